The summed E-state index contributed by atoms with van der Waals surface area (Å²) in [5, 5.41) is 7.67. The van der Waals surface area contributed by atoms with E-state index in [1.807, 2.05) is 26.5 Å². The fourth-order valence-electron chi connectivity index (χ4n) is 2.70. The molecular formula is C16H30N6O2. The lowest BCUT2D eigenvalue weighted by Gasteiger charge is -2.35. The zero-order valence-electron chi connectivity index (χ0n) is 15.2. The van der Waals surface area contributed by atoms with Gasteiger partial charge in [-0.15, -0.1) is 0 Å². The molecule has 0 aliphatic carbocycles. The molecule has 1 aliphatic rings. The molecule has 1 aliphatic heterocycles. The van der Waals surface area contributed by atoms with Gasteiger partial charge in [-0.2, -0.15) is 5.10 Å². The number of nitrogens with one attached hydrogen (secondary N) is 1. The Hall–Kier alpha value is -1.64. The number of aliphatic imine (C=N–C) groups is 1. The van der Waals surface area contributed by atoms with Gasteiger partial charge in [0, 0.05) is 59.1 Å². The number of rotatable bonds is 7. The Bertz CT molecular complexity index is 518. The molecule has 8 heteroatoms. The van der Waals surface area contributed by atoms with E-state index in [1.165, 1.54) is 0 Å². The lowest BCUT2D eigenvalue weighted by Crippen LogP contribution is -2.49. The van der Waals surface area contributed by atoms with Gasteiger partial charge in [-0.3, -0.25) is 9.67 Å². The van der Waals surface area contributed by atoms with Crippen LogP contribution < -0.4 is 5.32 Å². The largest absolute Gasteiger partial charge is 0.383 e. The number of aromatic nitrogens is 2. The van der Waals surface area contributed by atoms with Crippen molar-refractivity contribution in [3.05, 3.63) is 18.0 Å². The number of ether oxygens (including phenoxy) is 2. The summed E-state index contributed by atoms with van der Waals surface area (Å²) >= 11 is 0. The van der Waals surface area contributed by atoms with Crippen LogP contribution in [0.3, 0.4) is 0 Å². The predicted octanol–water partition coefficient (Wildman–Crippen LogP) is -0.0530. The summed E-state index contributed by atoms with van der Waals surface area (Å²) in [6.07, 6.45) is 3.92. The van der Waals surface area contributed by atoms with Gasteiger partial charge in [0.2, 0.25) is 0 Å². The number of hydrogen-bond acceptors (Lipinski definition) is 5. The molecule has 1 aromatic heterocycles. The van der Waals surface area contributed by atoms with Crippen LogP contribution in [0.25, 0.3) is 0 Å². The molecule has 0 aromatic carbocycles. The van der Waals surface area contributed by atoms with Crippen molar-refractivity contribution in [2.45, 2.75) is 6.10 Å². The smallest absolute Gasteiger partial charge is 0.193 e. The first-order valence-electron chi connectivity index (χ1n) is 8.37. The Kier molecular flexibility index (Phi) is 7.48. The molecule has 1 N–H and O–H groups in total. The molecule has 24 heavy (non-hydrogen) atoms. The summed E-state index contributed by atoms with van der Waals surface area (Å²) in [6, 6.07) is 0. The van der Waals surface area contributed by atoms with Crippen LogP contribution in [0.5, 0.6) is 0 Å². The van der Waals surface area contributed by atoms with Crippen LogP contribution in [0.4, 0.5) is 0 Å². The van der Waals surface area contributed by atoms with Crippen LogP contribution >= 0.6 is 0 Å². The molecule has 2 rings (SSSR count). The maximum Gasteiger partial charge on any atom is 0.193 e. The summed E-state index contributed by atoms with van der Waals surface area (Å²) < 4.78 is 12.8. The fourth-order valence-corrected chi connectivity index (χ4v) is 2.70. The number of likely N-dealkylation sites (N-methyl/N-ethyl adjacent to an activating group) is 1. The van der Waals surface area contributed by atoms with Crippen LogP contribution in [-0.2, 0) is 16.5 Å². The number of aryl methyl sites for hydroxylation is 1. The summed E-state index contributed by atoms with van der Waals surface area (Å²) in [4.78, 5) is 8.90. The van der Waals surface area contributed by atoms with Crippen molar-refractivity contribution >= 4 is 5.96 Å². The number of morpholine rings is 1. The highest BCUT2D eigenvalue weighted by molar-refractivity contribution is 5.80. The number of guanidine groups is 1. The summed E-state index contributed by atoms with van der Waals surface area (Å²) in [5.74, 6) is 0.923. The molecule has 1 atom stereocenters. The molecule has 1 fully saturated rings. The fraction of sp³-hybridized carbons (Fsp3) is 0.750. The number of hydrogen-bond donors (Lipinski definition) is 1. The van der Waals surface area contributed by atoms with Crippen LogP contribution in [-0.4, -0.2) is 92.7 Å². The van der Waals surface area contributed by atoms with Crippen molar-refractivity contribution < 1.29 is 9.47 Å². The molecule has 0 amide bonds. The third kappa shape index (κ3) is 5.47. The number of nitrogens with zero attached hydrogens (tertiary/aromatic N) is 5. The van der Waals surface area contributed by atoms with Gasteiger partial charge in [-0.05, 0) is 7.05 Å². The second-order valence-corrected chi connectivity index (χ2v) is 6.02. The lowest BCUT2D eigenvalue weighted by molar-refractivity contribution is -0.00804. The molecule has 2 heterocycles. The molecule has 0 bridgehead atoms. The van der Waals surface area contributed by atoms with E-state index in [4.69, 9.17) is 9.47 Å². The average Bonchev–Trinajstić information content (AvgIpc) is 3.03. The van der Waals surface area contributed by atoms with Crippen molar-refractivity contribution in [3.8, 4) is 0 Å². The third-order valence-electron chi connectivity index (χ3n) is 4.13. The van der Waals surface area contributed by atoms with E-state index in [0.717, 1.165) is 50.9 Å². The van der Waals surface area contributed by atoms with Crippen molar-refractivity contribution in [2.75, 3.05) is 67.1 Å². The van der Waals surface area contributed by atoms with E-state index < -0.39 is 0 Å². The van der Waals surface area contributed by atoms with E-state index in [2.05, 4.69) is 32.3 Å². The standard InChI is InChI=1S/C16H30N6O2/c1-17-16(18-5-6-20(2)7-9-23-4)22-8-10-24-15(13-22)14-11-19-21(3)12-14/h11-12,15H,5-10,13H2,1-4H3,(H,17,18). The van der Waals surface area contributed by atoms with Gasteiger partial charge >= 0.3 is 0 Å². The summed E-state index contributed by atoms with van der Waals surface area (Å²) in [5.41, 5.74) is 1.11. The highest BCUT2D eigenvalue weighted by Crippen LogP contribution is 2.21. The number of methoxy groups -OCH3 is 1. The van der Waals surface area contributed by atoms with E-state index >= 15 is 0 Å². The maximum absolute atomic E-state index is 5.89. The molecule has 1 saturated heterocycles. The Balaban J connectivity index is 1.81. The molecule has 0 radical (unpaired) electrons. The Labute approximate surface area is 144 Å². The normalized spacial score (nSPS) is 19.1. The van der Waals surface area contributed by atoms with E-state index in [0.29, 0.717) is 6.61 Å². The van der Waals surface area contributed by atoms with Gasteiger partial charge in [-0.25, -0.2) is 0 Å². The lowest BCUT2D eigenvalue weighted by atomic mass is 10.1. The molecule has 136 valence electrons. The van der Waals surface area contributed by atoms with Gasteiger partial charge in [0.1, 0.15) is 6.10 Å². The van der Waals surface area contributed by atoms with Crippen LogP contribution in [0.15, 0.2) is 17.4 Å². The van der Waals surface area contributed by atoms with E-state index in [-0.39, 0.29) is 6.10 Å². The predicted molar refractivity (Wildman–Crippen MR) is 94.2 cm³/mol. The van der Waals surface area contributed by atoms with Crippen molar-refractivity contribution in [2.24, 2.45) is 12.0 Å². The van der Waals surface area contributed by atoms with E-state index in [1.54, 1.807) is 11.8 Å². The Morgan fingerprint density at radius 1 is 1.54 bits per heavy atom. The summed E-state index contributed by atoms with van der Waals surface area (Å²) in [7, 11) is 7.57. The zero-order valence-corrected chi connectivity index (χ0v) is 15.2. The van der Waals surface area contributed by atoms with Crippen molar-refractivity contribution in [3.63, 3.8) is 0 Å². The minimum atomic E-state index is 0.0374. The minimum Gasteiger partial charge on any atom is -0.383 e. The van der Waals surface area contributed by atoms with Crippen molar-refractivity contribution in [1.29, 1.82) is 0 Å². The first-order chi connectivity index (χ1) is 11.6. The molecule has 1 unspecified atom stereocenters. The van der Waals surface area contributed by atoms with Crippen molar-refractivity contribution in [1.82, 2.24) is 24.9 Å². The highest BCUT2D eigenvalue weighted by atomic mass is 16.5. The van der Waals surface area contributed by atoms with Crippen LogP contribution in [0.1, 0.15) is 11.7 Å². The molecule has 0 spiro atoms. The maximum atomic E-state index is 5.89. The average molecular weight is 338 g/mol. The second kappa shape index (κ2) is 9.61. The van der Waals surface area contributed by atoms with Crippen LogP contribution in [0.2, 0.25) is 0 Å². The SMILES string of the molecule is CN=C(NCCN(C)CCOC)N1CCOC(c2cnn(C)c2)C1. The quantitative estimate of drug-likeness (QED) is 0.555. The molecule has 0 saturated carbocycles. The van der Waals surface area contributed by atoms with Gasteiger partial charge in [0.25, 0.3) is 0 Å². The topological polar surface area (TPSA) is 67.2 Å². The summed E-state index contributed by atoms with van der Waals surface area (Å²) in [6.45, 7) is 5.79. The monoisotopic (exact) mass is 338 g/mol. The Morgan fingerprint density at radius 3 is 3.04 bits per heavy atom. The van der Waals surface area contributed by atoms with Gasteiger partial charge in [0.15, 0.2) is 5.96 Å². The van der Waals surface area contributed by atoms with Gasteiger partial charge < -0.3 is 24.6 Å². The van der Waals surface area contributed by atoms with Gasteiger partial charge in [0.05, 0.1) is 26.0 Å². The highest BCUT2D eigenvalue weighted by Gasteiger charge is 2.25. The molecular weight excluding hydrogens is 308 g/mol. The van der Waals surface area contributed by atoms with Crippen LogP contribution in [0, 0.1) is 0 Å². The Morgan fingerprint density at radius 2 is 2.38 bits per heavy atom. The van der Waals surface area contributed by atoms with Gasteiger partial charge in [-0.1, -0.05) is 0 Å². The minimum absolute atomic E-state index is 0.0374. The molecule has 1 aromatic rings. The first kappa shape index (κ1) is 18.7. The zero-order chi connectivity index (χ0) is 17.4. The second-order valence-electron chi connectivity index (χ2n) is 6.02. The third-order valence-corrected chi connectivity index (χ3v) is 4.13. The van der Waals surface area contributed by atoms with E-state index in [9.17, 15) is 0 Å². The molecule has 8 nitrogen and oxygen atoms in total. The first-order valence-corrected chi connectivity index (χ1v) is 8.37.